The molecule has 3 aliphatic carbocycles. The van der Waals surface area contributed by atoms with Crippen molar-refractivity contribution in [3.63, 3.8) is 0 Å². The lowest BCUT2D eigenvalue weighted by Crippen LogP contribution is -2.64. The standard InChI is InChI=1S/C39H51N5O6/c1-5-39(48-4)23-43(24-39)38(46)50-31-14-12-29(13-15-31)37(45)44(35-20-30(18-19-40-35)33-22-49-36(42-33)28-10-11-28)21-26-6-8-27(9-7-26)32-16-17-34(47-3)25(2)41-32/h16-20,22,26-29,31H,5-15,21,23-24H2,1-4H3. The Labute approximate surface area is 295 Å². The number of carbonyl (C=O) groups is 2. The van der Waals surface area contributed by atoms with E-state index in [1.807, 2.05) is 30.0 Å². The van der Waals surface area contributed by atoms with Crippen LogP contribution in [-0.4, -0.2) is 77.4 Å². The highest BCUT2D eigenvalue weighted by molar-refractivity contribution is 5.94. The molecule has 3 aromatic rings. The number of amides is 2. The molecule has 0 radical (unpaired) electrons. The molecule has 0 aromatic carbocycles. The summed E-state index contributed by atoms with van der Waals surface area (Å²) < 4.78 is 22.7. The largest absolute Gasteiger partial charge is 0.495 e. The summed E-state index contributed by atoms with van der Waals surface area (Å²) in [5.41, 5.74) is 3.46. The zero-order chi connectivity index (χ0) is 34.8. The van der Waals surface area contributed by atoms with Crippen LogP contribution in [0.25, 0.3) is 11.3 Å². The second kappa shape index (κ2) is 14.7. The number of likely N-dealkylation sites (tertiary alicyclic amines) is 1. The molecule has 4 heterocycles. The van der Waals surface area contributed by atoms with E-state index in [0.29, 0.717) is 68.9 Å². The molecule has 1 aliphatic heterocycles. The minimum Gasteiger partial charge on any atom is -0.495 e. The molecule has 7 rings (SSSR count). The summed E-state index contributed by atoms with van der Waals surface area (Å²) in [5, 5.41) is 0. The summed E-state index contributed by atoms with van der Waals surface area (Å²) in [6.07, 6.45) is 12.9. The lowest BCUT2D eigenvalue weighted by Gasteiger charge is -2.48. The van der Waals surface area contributed by atoms with E-state index < -0.39 is 0 Å². The van der Waals surface area contributed by atoms with Crippen LogP contribution in [0.5, 0.6) is 5.75 Å². The van der Waals surface area contributed by atoms with Gasteiger partial charge in [-0.2, -0.15) is 0 Å². The van der Waals surface area contributed by atoms with Crippen LogP contribution in [0.2, 0.25) is 0 Å². The SMILES string of the molecule is CCC1(OC)CN(C(=O)OC2CCC(C(=O)N(CC3CCC(c4ccc(OC)c(C)n4)CC3)c3cc(-c4coc(C5CC5)n4)ccn3)CC2)C1. The Bertz CT molecular complexity index is 1640. The summed E-state index contributed by atoms with van der Waals surface area (Å²) in [6.45, 7) is 5.80. The van der Waals surface area contributed by atoms with Crippen LogP contribution in [-0.2, 0) is 14.3 Å². The van der Waals surface area contributed by atoms with Crippen molar-refractivity contribution in [2.75, 3.05) is 38.8 Å². The van der Waals surface area contributed by atoms with Crippen molar-refractivity contribution in [1.29, 1.82) is 0 Å². The maximum Gasteiger partial charge on any atom is 0.410 e. The number of rotatable bonds is 11. The second-order valence-corrected chi connectivity index (χ2v) is 14.9. The number of aryl methyl sites for hydroxylation is 1. The van der Waals surface area contributed by atoms with Crippen LogP contribution >= 0.6 is 0 Å². The zero-order valence-corrected chi connectivity index (χ0v) is 29.9. The van der Waals surface area contributed by atoms with Crippen molar-refractivity contribution in [2.24, 2.45) is 11.8 Å². The summed E-state index contributed by atoms with van der Waals surface area (Å²) in [5.74, 6) is 3.38. The van der Waals surface area contributed by atoms with E-state index in [1.165, 1.54) is 0 Å². The van der Waals surface area contributed by atoms with Gasteiger partial charge in [0.1, 0.15) is 35.2 Å². The smallest absolute Gasteiger partial charge is 0.410 e. The zero-order valence-electron chi connectivity index (χ0n) is 29.9. The molecular formula is C39H51N5O6. The fourth-order valence-electron chi connectivity index (χ4n) is 8.01. The van der Waals surface area contributed by atoms with Gasteiger partial charge in [-0.15, -0.1) is 0 Å². The van der Waals surface area contributed by atoms with E-state index in [-0.39, 0.29) is 29.6 Å². The first-order valence-corrected chi connectivity index (χ1v) is 18.5. The molecular weight excluding hydrogens is 634 g/mol. The number of nitrogens with zero attached hydrogens (tertiary/aromatic N) is 5. The average Bonchev–Trinajstić information content (AvgIpc) is 3.86. The molecule has 4 fully saturated rings. The van der Waals surface area contributed by atoms with Crippen LogP contribution in [0.15, 0.2) is 41.1 Å². The number of carbonyl (C=O) groups excluding carboxylic acids is 2. The van der Waals surface area contributed by atoms with Crippen molar-refractivity contribution in [2.45, 2.75) is 108 Å². The topological polar surface area (TPSA) is 120 Å². The molecule has 0 N–H and O–H groups in total. The van der Waals surface area contributed by atoms with E-state index in [9.17, 15) is 9.59 Å². The van der Waals surface area contributed by atoms with E-state index >= 15 is 0 Å². The Balaban J connectivity index is 1.02. The molecule has 0 unspecified atom stereocenters. The first-order chi connectivity index (χ1) is 24.3. The number of anilines is 1. The number of methoxy groups -OCH3 is 2. The second-order valence-electron chi connectivity index (χ2n) is 14.9. The monoisotopic (exact) mass is 685 g/mol. The van der Waals surface area contributed by atoms with Gasteiger partial charge >= 0.3 is 6.09 Å². The molecule has 2 amide bonds. The lowest BCUT2D eigenvalue weighted by atomic mass is 9.79. The van der Waals surface area contributed by atoms with Crippen LogP contribution in [0, 0.1) is 18.8 Å². The number of ether oxygens (including phenoxy) is 3. The molecule has 11 heteroatoms. The minimum absolute atomic E-state index is 0.100. The van der Waals surface area contributed by atoms with Crippen molar-refractivity contribution < 1.29 is 28.2 Å². The first kappa shape index (κ1) is 34.5. The third-order valence-electron chi connectivity index (χ3n) is 11.6. The minimum atomic E-state index is -0.281. The molecule has 50 heavy (non-hydrogen) atoms. The highest BCUT2D eigenvalue weighted by Crippen LogP contribution is 2.41. The molecule has 0 atom stereocenters. The molecule has 0 spiro atoms. The molecule has 3 saturated carbocycles. The average molecular weight is 686 g/mol. The van der Waals surface area contributed by atoms with Crippen molar-refractivity contribution in [3.8, 4) is 17.0 Å². The van der Waals surface area contributed by atoms with Gasteiger partial charge in [-0.05, 0) is 108 Å². The Morgan fingerprint density at radius 1 is 0.960 bits per heavy atom. The van der Waals surface area contributed by atoms with Gasteiger partial charge in [0.05, 0.1) is 25.9 Å². The highest BCUT2D eigenvalue weighted by Gasteiger charge is 2.45. The number of aromatic nitrogens is 3. The summed E-state index contributed by atoms with van der Waals surface area (Å²) >= 11 is 0. The lowest BCUT2D eigenvalue weighted by molar-refractivity contribution is -0.126. The summed E-state index contributed by atoms with van der Waals surface area (Å²) in [4.78, 5) is 45.3. The Morgan fingerprint density at radius 3 is 2.36 bits per heavy atom. The van der Waals surface area contributed by atoms with E-state index in [4.69, 9.17) is 33.6 Å². The highest BCUT2D eigenvalue weighted by atomic mass is 16.6. The van der Waals surface area contributed by atoms with E-state index in [0.717, 1.165) is 79.2 Å². The molecule has 268 valence electrons. The number of pyridine rings is 2. The van der Waals surface area contributed by atoms with Gasteiger partial charge in [0.2, 0.25) is 5.91 Å². The predicted octanol–water partition coefficient (Wildman–Crippen LogP) is 7.44. The van der Waals surface area contributed by atoms with E-state index in [1.54, 1.807) is 31.6 Å². The fourth-order valence-corrected chi connectivity index (χ4v) is 8.01. The van der Waals surface area contributed by atoms with Crippen LogP contribution < -0.4 is 9.64 Å². The van der Waals surface area contributed by atoms with Crippen molar-refractivity contribution in [3.05, 3.63) is 54.0 Å². The number of hydrogen-bond acceptors (Lipinski definition) is 9. The van der Waals surface area contributed by atoms with Crippen molar-refractivity contribution in [1.82, 2.24) is 19.9 Å². The summed E-state index contributed by atoms with van der Waals surface area (Å²) in [7, 11) is 3.38. The third kappa shape index (κ3) is 7.38. The molecule has 11 nitrogen and oxygen atoms in total. The maximum absolute atomic E-state index is 14.4. The fraction of sp³-hybridized carbons (Fsp3) is 0.615. The number of hydrogen-bond donors (Lipinski definition) is 0. The Kier molecular flexibility index (Phi) is 10.1. The van der Waals surface area contributed by atoms with Gasteiger partial charge in [0, 0.05) is 48.9 Å². The van der Waals surface area contributed by atoms with Crippen LogP contribution in [0.4, 0.5) is 10.6 Å². The number of oxazole rings is 1. The molecule has 4 aliphatic rings. The van der Waals surface area contributed by atoms with Gasteiger partial charge in [-0.1, -0.05) is 6.92 Å². The predicted molar refractivity (Wildman–Crippen MR) is 188 cm³/mol. The Morgan fingerprint density at radius 2 is 1.70 bits per heavy atom. The summed E-state index contributed by atoms with van der Waals surface area (Å²) in [6, 6.07) is 8.03. The first-order valence-electron chi connectivity index (χ1n) is 18.5. The van der Waals surface area contributed by atoms with Gasteiger partial charge in [0.15, 0.2) is 5.89 Å². The third-order valence-corrected chi connectivity index (χ3v) is 11.6. The Hall–Kier alpha value is -3.99. The van der Waals surface area contributed by atoms with Crippen LogP contribution in [0.1, 0.15) is 107 Å². The molecule has 3 aromatic heterocycles. The van der Waals surface area contributed by atoms with Crippen molar-refractivity contribution >= 4 is 17.8 Å². The van der Waals surface area contributed by atoms with Gasteiger partial charge in [-0.25, -0.2) is 14.8 Å². The quantitative estimate of drug-likeness (QED) is 0.203. The van der Waals surface area contributed by atoms with Gasteiger partial charge < -0.3 is 23.5 Å². The molecule has 1 saturated heterocycles. The molecule has 0 bridgehead atoms. The van der Waals surface area contributed by atoms with Crippen LogP contribution in [0.3, 0.4) is 0 Å². The van der Waals surface area contributed by atoms with E-state index in [2.05, 4.69) is 13.0 Å². The normalized spacial score (nSPS) is 24.7. The van der Waals surface area contributed by atoms with Gasteiger partial charge in [-0.3, -0.25) is 14.7 Å². The van der Waals surface area contributed by atoms with Gasteiger partial charge in [0.25, 0.3) is 0 Å². The maximum atomic E-state index is 14.4.